The molecular formula is C18H37N. The number of hydrogen-bond donors (Lipinski definition) is 1. The predicted octanol–water partition coefficient (Wildman–Crippen LogP) is 5.11. The van der Waals surface area contributed by atoms with E-state index in [1.165, 1.54) is 51.6 Å². The van der Waals surface area contributed by atoms with Crippen LogP contribution in [0.25, 0.3) is 0 Å². The van der Waals surface area contributed by atoms with Gasteiger partial charge in [0.1, 0.15) is 0 Å². The first-order chi connectivity index (χ1) is 9.06. The van der Waals surface area contributed by atoms with E-state index in [9.17, 15) is 0 Å². The topological polar surface area (TPSA) is 12.0 Å². The van der Waals surface area contributed by atoms with Crippen molar-refractivity contribution < 1.29 is 0 Å². The molecule has 0 aromatic carbocycles. The Bertz CT molecular complexity index is 220. The smallest absolute Gasteiger partial charge is 0.00178 e. The van der Waals surface area contributed by atoms with Gasteiger partial charge in [0.15, 0.2) is 0 Å². The average Bonchev–Trinajstić information content (AvgIpc) is 2.37. The lowest BCUT2D eigenvalue weighted by Gasteiger charge is -2.37. The molecule has 3 atom stereocenters. The minimum Gasteiger partial charge on any atom is -0.316 e. The monoisotopic (exact) mass is 267 g/mol. The summed E-state index contributed by atoms with van der Waals surface area (Å²) in [7, 11) is 0. The number of rotatable bonds is 8. The van der Waals surface area contributed by atoms with Gasteiger partial charge in [-0.3, -0.25) is 0 Å². The lowest BCUT2D eigenvalue weighted by molar-refractivity contribution is 0.151. The molecule has 0 heterocycles. The van der Waals surface area contributed by atoms with Crippen LogP contribution >= 0.6 is 0 Å². The molecule has 1 rings (SSSR count). The van der Waals surface area contributed by atoms with E-state index in [0.29, 0.717) is 0 Å². The Kier molecular flexibility index (Phi) is 8.06. The molecule has 1 aliphatic carbocycles. The van der Waals surface area contributed by atoms with Crippen LogP contribution < -0.4 is 5.32 Å². The molecule has 0 saturated heterocycles. The molecule has 0 aromatic heterocycles. The van der Waals surface area contributed by atoms with Crippen LogP contribution in [0.2, 0.25) is 0 Å². The normalized spacial score (nSPS) is 28.3. The molecule has 3 unspecified atom stereocenters. The van der Waals surface area contributed by atoms with Crippen molar-refractivity contribution in [2.45, 2.75) is 73.1 Å². The predicted molar refractivity (Wildman–Crippen MR) is 86.4 cm³/mol. The van der Waals surface area contributed by atoms with Gasteiger partial charge in [0.05, 0.1) is 0 Å². The van der Waals surface area contributed by atoms with E-state index in [0.717, 1.165) is 29.6 Å². The first kappa shape index (κ1) is 17.0. The van der Waals surface area contributed by atoms with Crippen LogP contribution in [-0.4, -0.2) is 13.1 Å². The van der Waals surface area contributed by atoms with Gasteiger partial charge in [0.2, 0.25) is 0 Å². The zero-order valence-electron chi connectivity index (χ0n) is 14.0. The van der Waals surface area contributed by atoms with Crippen LogP contribution in [0.5, 0.6) is 0 Å². The summed E-state index contributed by atoms with van der Waals surface area (Å²) in [5.74, 6) is 4.62. The lowest BCUT2D eigenvalue weighted by Crippen LogP contribution is -2.35. The maximum atomic E-state index is 3.71. The minimum atomic E-state index is 0.778. The van der Waals surface area contributed by atoms with Crippen LogP contribution in [0.4, 0.5) is 0 Å². The third kappa shape index (κ3) is 6.29. The van der Waals surface area contributed by atoms with E-state index in [2.05, 4.69) is 39.9 Å². The van der Waals surface area contributed by atoms with Gasteiger partial charge < -0.3 is 5.32 Å². The highest BCUT2D eigenvalue weighted by Gasteiger charge is 2.29. The molecular weight excluding hydrogens is 230 g/mol. The Labute approximate surface area is 121 Å². The number of hydrogen-bond acceptors (Lipinski definition) is 1. The van der Waals surface area contributed by atoms with E-state index in [1.807, 2.05) is 0 Å². The minimum absolute atomic E-state index is 0.778. The summed E-state index contributed by atoms with van der Waals surface area (Å²) >= 11 is 0. The van der Waals surface area contributed by atoms with E-state index in [1.54, 1.807) is 0 Å². The first-order valence-electron chi connectivity index (χ1n) is 8.77. The van der Waals surface area contributed by atoms with Crippen LogP contribution in [0.1, 0.15) is 73.1 Å². The van der Waals surface area contributed by atoms with Crippen molar-refractivity contribution in [2.24, 2.45) is 29.6 Å². The summed E-state index contributed by atoms with van der Waals surface area (Å²) in [5.41, 5.74) is 0. The van der Waals surface area contributed by atoms with Crippen molar-refractivity contribution in [1.29, 1.82) is 0 Å². The maximum absolute atomic E-state index is 3.71. The van der Waals surface area contributed by atoms with Crippen molar-refractivity contribution in [1.82, 2.24) is 5.32 Å². The standard InChI is InChI=1S/C18H37N/c1-6-16(7-2)11-18-10-15(5)8-9-17(18)13-19-12-14(3)4/h14-19H,6-13H2,1-5H3. The van der Waals surface area contributed by atoms with E-state index < -0.39 is 0 Å². The molecule has 0 amide bonds. The lowest BCUT2D eigenvalue weighted by atomic mass is 9.70. The highest BCUT2D eigenvalue weighted by molar-refractivity contribution is 4.81. The Hall–Kier alpha value is -0.0400. The highest BCUT2D eigenvalue weighted by Crippen LogP contribution is 2.38. The van der Waals surface area contributed by atoms with Crippen LogP contribution in [-0.2, 0) is 0 Å². The molecule has 1 fully saturated rings. The average molecular weight is 268 g/mol. The van der Waals surface area contributed by atoms with Crippen LogP contribution in [0.15, 0.2) is 0 Å². The van der Waals surface area contributed by atoms with Crippen LogP contribution in [0.3, 0.4) is 0 Å². The van der Waals surface area contributed by atoms with Crippen molar-refractivity contribution in [3.63, 3.8) is 0 Å². The van der Waals surface area contributed by atoms with Gasteiger partial charge in [-0.25, -0.2) is 0 Å². The molecule has 0 spiro atoms. The van der Waals surface area contributed by atoms with Crippen molar-refractivity contribution in [3.8, 4) is 0 Å². The molecule has 0 bridgehead atoms. The van der Waals surface area contributed by atoms with Crippen molar-refractivity contribution in [3.05, 3.63) is 0 Å². The summed E-state index contributed by atoms with van der Waals surface area (Å²) < 4.78 is 0. The maximum Gasteiger partial charge on any atom is -0.00178 e. The first-order valence-corrected chi connectivity index (χ1v) is 8.77. The second-order valence-electron chi connectivity index (χ2n) is 7.41. The second kappa shape index (κ2) is 9.00. The van der Waals surface area contributed by atoms with Crippen LogP contribution in [0, 0.1) is 29.6 Å². The zero-order chi connectivity index (χ0) is 14.3. The molecule has 114 valence electrons. The van der Waals surface area contributed by atoms with E-state index in [-0.39, 0.29) is 0 Å². The summed E-state index contributed by atoms with van der Waals surface area (Å²) in [6.07, 6.45) is 8.60. The SMILES string of the molecule is CCC(CC)CC1CC(C)CCC1CNCC(C)C. The molecule has 0 aliphatic heterocycles. The summed E-state index contributed by atoms with van der Waals surface area (Å²) in [4.78, 5) is 0. The van der Waals surface area contributed by atoms with Gasteiger partial charge in [0.25, 0.3) is 0 Å². The fourth-order valence-electron chi connectivity index (χ4n) is 3.73. The Morgan fingerprint density at radius 2 is 1.74 bits per heavy atom. The molecule has 1 N–H and O–H groups in total. The fourth-order valence-corrected chi connectivity index (χ4v) is 3.73. The highest BCUT2D eigenvalue weighted by atomic mass is 14.9. The molecule has 1 heteroatoms. The fraction of sp³-hybridized carbons (Fsp3) is 1.00. The van der Waals surface area contributed by atoms with Gasteiger partial charge in [-0.05, 0) is 61.9 Å². The van der Waals surface area contributed by atoms with E-state index in [4.69, 9.17) is 0 Å². The third-order valence-corrected chi connectivity index (χ3v) is 5.15. The summed E-state index contributed by atoms with van der Waals surface area (Å²) in [6.45, 7) is 14.2. The molecule has 19 heavy (non-hydrogen) atoms. The molecule has 1 aliphatic rings. The van der Waals surface area contributed by atoms with Gasteiger partial charge >= 0.3 is 0 Å². The van der Waals surface area contributed by atoms with E-state index >= 15 is 0 Å². The third-order valence-electron chi connectivity index (χ3n) is 5.15. The van der Waals surface area contributed by atoms with Gasteiger partial charge in [0, 0.05) is 0 Å². The molecule has 1 nitrogen and oxygen atoms in total. The Balaban J connectivity index is 2.45. The van der Waals surface area contributed by atoms with Gasteiger partial charge in [-0.2, -0.15) is 0 Å². The van der Waals surface area contributed by atoms with Gasteiger partial charge in [-0.15, -0.1) is 0 Å². The molecule has 0 aromatic rings. The van der Waals surface area contributed by atoms with Crippen molar-refractivity contribution >= 4 is 0 Å². The number of nitrogens with one attached hydrogen (secondary N) is 1. The molecule has 1 saturated carbocycles. The Morgan fingerprint density at radius 1 is 1.05 bits per heavy atom. The summed E-state index contributed by atoms with van der Waals surface area (Å²) in [6, 6.07) is 0. The Morgan fingerprint density at radius 3 is 2.32 bits per heavy atom. The zero-order valence-corrected chi connectivity index (χ0v) is 14.0. The quantitative estimate of drug-likeness (QED) is 0.644. The summed E-state index contributed by atoms with van der Waals surface area (Å²) in [5, 5.41) is 3.71. The second-order valence-corrected chi connectivity index (χ2v) is 7.41. The molecule has 0 radical (unpaired) electrons. The van der Waals surface area contributed by atoms with Gasteiger partial charge in [-0.1, -0.05) is 53.9 Å². The van der Waals surface area contributed by atoms with Crippen molar-refractivity contribution in [2.75, 3.05) is 13.1 Å². The largest absolute Gasteiger partial charge is 0.316 e.